The lowest BCUT2D eigenvalue weighted by Gasteiger charge is -2.49. The molecule has 4 N–H and O–H groups in total. The summed E-state index contributed by atoms with van der Waals surface area (Å²) >= 11 is 2.46. The average Bonchev–Trinajstić information content (AvgIpc) is 3.46. The molecule has 16 heteroatoms. The van der Waals surface area contributed by atoms with E-state index in [0.717, 1.165) is 11.3 Å². The number of anilines is 1. The molecule has 1 aromatic rings. The molecule has 1 fully saturated rings. The Kier molecular flexibility index (Phi) is 5.70. The molecule has 35 heavy (non-hydrogen) atoms. The van der Waals surface area contributed by atoms with Gasteiger partial charge in [0, 0.05) is 22.8 Å². The van der Waals surface area contributed by atoms with Gasteiger partial charge in [-0.1, -0.05) is 20.5 Å². The Hall–Kier alpha value is -3.89. The van der Waals surface area contributed by atoms with Crippen molar-refractivity contribution in [1.29, 1.82) is 0 Å². The highest BCUT2D eigenvalue weighted by molar-refractivity contribution is 8.00. The number of thiazole rings is 1. The predicted molar refractivity (Wildman–Crippen MR) is 128 cm³/mol. The fraction of sp³-hybridized carbons (Fsp3) is 0.263. The second-order valence-electron chi connectivity index (χ2n) is 7.61. The lowest BCUT2D eigenvalue weighted by atomic mass is 10.0. The predicted octanol–water partition coefficient (Wildman–Crippen LogP) is -0.458. The highest BCUT2D eigenvalue weighted by atomic mass is 32.2. The number of thioether (sulfide) groups is 1. The number of carboxylic acid groups (broad SMARTS) is 1. The van der Waals surface area contributed by atoms with Crippen molar-refractivity contribution in [2.75, 3.05) is 25.1 Å². The number of rotatable bonds is 7. The Labute approximate surface area is 205 Å². The number of nitrogens with two attached hydrogens (primary N) is 1. The number of oxime groups is 1. The standard InChI is InChI=1S/C19H17N9O5S2/c1-33-26-12(10-7-35-19(20)23-10)15(29)24-13-16(30)27-14(18(31)32)9(6-34-17(13)27)5-28-8-21-25-11(28)3-2-4-22-28/h2-4,7-8,13,17H,5-6H2,1H3,(H3-,20,23,24,29,31,32)/p+1/b26-12-/t13-,17?,28?/m1/s1. The number of allylic oxidation sites excluding steroid dienone is 1. The highest BCUT2D eigenvalue weighted by Gasteiger charge is 2.55. The third kappa shape index (κ3) is 3.80. The number of fused-ring (bicyclic) bond motifs is 2. The van der Waals surface area contributed by atoms with Crippen LogP contribution in [0.2, 0.25) is 0 Å². The van der Waals surface area contributed by atoms with E-state index < -0.39 is 29.2 Å². The number of quaternary nitrogens is 1. The number of amidine groups is 1. The Morgan fingerprint density at radius 3 is 3.00 bits per heavy atom. The van der Waals surface area contributed by atoms with E-state index in [0.29, 0.717) is 17.2 Å². The molecule has 180 valence electrons. The van der Waals surface area contributed by atoms with Crippen LogP contribution in [-0.2, 0) is 19.2 Å². The molecule has 14 nitrogen and oxygen atoms in total. The molecule has 0 bridgehead atoms. The van der Waals surface area contributed by atoms with E-state index in [4.69, 9.17) is 10.6 Å². The number of aromatic nitrogens is 1. The van der Waals surface area contributed by atoms with Gasteiger partial charge in [0.2, 0.25) is 6.34 Å². The van der Waals surface area contributed by atoms with Gasteiger partial charge in [-0.2, -0.15) is 0 Å². The monoisotopic (exact) mass is 516 g/mol. The zero-order valence-corrected chi connectivity index (χ0v) is 19.7. The second kappa shape index (κ2) is 8.71. The summed E-state index contributed by atoms with van der Waals surface area (Å²) in [5, 5.41) is 29.9. The fourth-order valence-corrected chi connectivity index (χ4v) is 5.89. The first kappa shape index (κ1) is 22.9. The molecule has 5 heterocycles. The number of nitrogens with one attached hydrogen (secondary N) is 1. The van der Waals surface area contributed by atoms with Gasteiger partial charge in [0.25, 0.3) is 17.6 Å². The van der Waals surface area contributed by atoms with E-state index in [-0.39, 0.29) is 33.4 Å². The lowest BCUT2D eigenvalue weighted by Crippen LogP contribution is -2.71. The van der Waals surface area contributed by atoms with Crippen molar-refractivity contribution in [2.45, 2.75) is 11.4 Å². The van der Waals surface area contributed by atoms with Crippen LogP contribution in [0.3, 0.4) is 0 Å². The number of hydrogen-bond donors (Lipinski definition) is 3. The normalized spacial score (nSPS) is 26.8. The Balaban J connectivity index is 1.37. The van der Waals surface area contributed by atoms with Gasteiger partial charge < -0.3 is 21.0 Å². The first-order chi connectivity index (χ1) is 16.8. The van der Waals surface area contributed by atoms with E-state index >= 15 is 0 Å². The fourth-order valence-electron chi connectivity index (χ4n) is 4.01. The van der Waals surface area contributed by atoms with Crippen molar-refractivity contribution in [3.05, 3.63) is 34.5 Å². The maximum Gasteiger partial charge on any atom is 0.352 e. The summed E-state index contributed by atoms with van der Waals surface area (Å²) in [6.45, 7) is 0.154. The SMILES string of the molecule is CO/N=C(\C(=O)N[C@@H]1C(=O)N2C(C(=O)O)=C(C[N+]34C=NN=C3C=CC=N4)CSC12)c1csc(N)n1. The van der Waals surface area contributed by atoms with Crippen LogP contribution in [0.1, 0.15) is 5.69 Å². The first-order valence-electron chi connectivity index (χ1n) is 10.1. The molecule has 4 aliphatic rings. The molecule has 1 saturated heterocycles. The number of carbonyl (C=O) groups is 3. The highest BCUT2D eigenvalue weighted by Crippen LogP contribution is 2.41. The van der Waals surface area contributed by atoms with Gasteiger partial charge in [0.15, 0.2) is 10.8 Å². The van der Waals surface area contributed by atoms with Crippen molar-refractivity contribution < 1.29 is 28.9 Å². The average molecular weight is 517 g/mol. The zero-order valence-electron chi connectivity index (χ0n) is 18.1. The molecule has 1 aromatic heterocycles. The maximum absolute atomic E-state index is 13.0. The largest absolute Gasteiger partial charge is 0.477 e. The summed E-state index contributed by atoms with van der Waals surface area (Å²) in [5.41, 5.74) is 6.08. The molecule has 3 atom stereocenters. The third-order valence-electron chi connectivity index (χ3n) is 5.53. The smallest absolute Gasteiger partial charge is 0.352 e. The van der Waals surface area contributed by atoms with Gasteiger partial charge in [-0.15, -0.1) is 27.7 Å². The maximum atomic E-state index is 13.0. The van der Waals surface area contributed by atoms with E-state index in [1.54, 1.807) is 23.7 Å². The van der Waals surface area contributed by atoms with E-state index in [1.165, 1.54) is 30.1 Å². The number of nitrogens with zero attached hydrogens (tertiary/aromatic N) is 7. The van der Waals surface area contributed by atoms with Crippen LogP contribution >= 0.6 is 23.1 Å². The second-order valence-corrected chi connectivity index (χ2v) is 9.60. The first-order valence-corrected chi connectivity index (χ1v) is 12.0. The Morgan fingerprint density at radius 2 is 2.29 bits per heavy atom. The van der Waals surface area contributed by atoms with E-state index in [2.05, 4.69) is 30.8 Å². The van der Waals surface area contributed by atoms with Gasteiger partial charge in [-0.25, -0.2) is 9.78 Å². The molecule has 5 rings (SSSR count). The summed E-state index contributed by atoms with van der Waals surface area (Å²) in [6.07, 6.45) is 6.57. The number of β-lactam (4-membered cyclic amide) rings is 1. The van der Waals surface area contributed by atoms with Gasteiger partial charge in [-0.3, -0.25) is 14.5 Å². The van der Waals surface area contributed by atoms with Crippen LogP contribution in [0, 0.1) is 0 Å². The zero-order chi connectivity index (χ0) is 24.7. The minimum Gasteiger partial charge on any atom is -0.477 e. The molecule has 0 saturated carbocycles. The van der Waals surface area contributed by atoms with Gasteiger partial charge >= 0.3 is 5.97 Å². The molecular formula is C19H18N9O5S2+. The summed E-state index contributed by atoms with van der Waals surface area (Å²) in [4.78, 5) is 48.1. The van der Waals surface area contributed by atoms with Crippen molar-refractivity contribution in [3.8, 4) is 0 Å². The number of carboxylic acids is 1. The number of nitrogen functional groups attached to an aromatic ring is 1. The summed E-state index contributed by atoms with van der Waals surface area (Å²) in [6, 6.07) is -0.949. The molecule has 0 spiro atoms. The number of hydrogen-bond acceptors (Lipinski definition) is 12. The van der Waals surface area contributed by atoms with Crippen LogP contribution in [0.4, 0.5) is 5.13 Å². The summed E-state index contributed by atoms with van der Waals surface area (Å²) in [5.74, 6) is -1.63. The van der Waals surface area contributed by atoms with Crippen molar-refractivity contribution in [1.82, 2.24) is 15.2 Å². The molecule has 0 aromatic carbocycles. The van der Waals surface area contributed by atoms with Gasteiger partial charge in [-0.05, 0) is 6.08 Å². The van der Waals surface area contributed by atoms with Crippen LogP contribution in [0.15, 0.2) is 49.3 Å². The molecule has 0 aliphatic carbocycles. The van der Waals surface area contributed by atoms with Crippen LogP contribution in [-0.4, -0.2) is 92.3 Å². The molecule has 2 unspecified atom stereocenters. The molecular weight excluding hydrogens is 498 g/mol. The number of carbonyl (C=O) groups excluding carboxylic acids is 2. The van der Waals surface area contributed by atoms with Crippen LogP contribution < -0.4 is 11.1 Å². The van der Waals surface area contributed by atoms with E-state index in [9.17, 15) is 19.5 Å². The van der Waals surface area contributed by atoms with Gasteiger partial charge in [0.1, 0.15) is 36.5 Å². The number of aliphatic carboxylic acids is 1. The Bertz CT molecular complexity index is 1310. The molecule has 2 amide bonds. The van der Waals surface area contributed by atoms with Crippen molar-refractivity contribution in [3.63, 3.8) is 0 Å². The van der Waals surface area contributed by atoms with Crippen LogP contribution in [0.5, 0.6) is 0 Å². The summed E-state index contributed by atoms with van der Waals surface area (Å²) < 4.78 is -0.107. The van der Waals surface area contributed by atoms with Gasteiger partial charge in [0.05, 0.1) is 6.21 Å². The van der Waals surface area contributed by atoms with Crippen molar-refractivity contribution >= 4 is 70.1 Å². The summed E-state index contributed by atoms with van der Waals surface area (Å²) in [7, 11) is 1.27. The molecule has 4 aliphatic heterocycles. The lowest BCUT2D eigenvalue weighted by molar-refractivity contribution is -0.738. The van der Waals surface area contributed by atoms with E-state index in [1.807, 2.05) is 0 Å². The quantitative estimate of drug-likeness (QED) is 0.188. The number of amides is 2. The third-order valence-corrected chi connectivity index (χ3v) is 7.55. The minimum atomic E-state index is -1.24. The molecule has 0 radical (unpaired) electrons. The van der Waals surface area contributed by atoms with Crippen molar-refractivity contribution in [2.24, 2.45) is 20.5 Å². The Morgan fingerprint density at radius 1 is 1.46 bits per heavy atom. The van der Waals surface area contributed by atoms with Crippen LogP contribution in [0.25, 0.3) is 0 Å². The topological polar surface area (TPSA) is 184 Å². The minimum absolute atomic E-state index is 0.107.